The molecule has 1 rings (SSSR count). The largest absolute Gasteiger partial charge is 0.385 e. The van der Waals surface area contributed by atoms with E-state index in [-0.39, 0.29) is 5.91 Å². The van der Waals surface area contributed by atoms with E-state index < -0.39 is 0 Å². The molecule has 7 heteroatoms. The molecule has 27 heavy (non-hydrogen) atoms. The maximum absolute atomic E-state index is 12.0. The number of hydrogen-bond donors (Lipinski definition) is 3. The van der Waals surface area contributed by atoms with Gasteiger partial charge in [-0.05, 0) is 26.0 Å². The Hall–Kier alpha value is -2.12. The number of amides is 1. The van der Waals surface area contributed by atoms with Crippen LogP contribution in [-0.2, 0) is 16.1 Å². The van der Waals surface area contributed by atoms with Gasteiger partial charge in [-0.15, -0.1) is 0 Å². The second-order valence-electron chi connectivity index (χ2n) is 6.35. The molecular formula is C20H35N5O2. The highest BCUT2D eigenvalue weighted by Crippen LogP contribution is 1.97. The zero-order chi connectivity index (χ0) is 19.7. The number of carbonyl (C=O) groups excluding carboxylic acids is 1. The SMILES string of the molecule is CCNC(=NCCN(C)CCCOC)NCCC(=O)NCc1ccccc1. The van der Waals surface area contributed by atoms with Gasteiger partial charge in [0.25, 0.3) is 0 Å². The molecule has 1 amide bonds. The van der Waals surface area contributed by atoms with Crippen LogP contribution in [0.15, 0.2) is 35.3 Å². The third kappa shape index (κ3) is 12.0. The predicted molar refractivity (Wildman–Crippen MR) is 111 cm³/mol. The first kappa shape index (κ1) is 22.9. The van der Waals surface area contributed by atoms with Crippen LogP contribution in [0.3, 0.4) is 0 Å². The van der Waals surface area contributed by atoms with E-state index in [9.17, 15) is 4.79 Å². The van der Waals surface area contributed by atoms with Crippen molar-refractivity contribution in [2.45, 2.75) is 26.3 Å². The van der Waals surface area contributed by atoms with Crippen LogP contribution in [0, 0.1) is 0 Å². The molecule has 0 aliphatic carbocycles. The van der Waals surface area contributed by atoms with Crippen molar-refractivity contribution in [3.63, 3.8) is 0 Å². The first-order valence-electron chi connectivity index (χ1n) is 9.66. The average molecular weight is 378 g/mol. The summed E-state index contributed by atoms with van der Waals surface area (Å²) in [6, 6.07) is 9.91. The molecule has 152 valence electrons. The maximum atomic E-state index is 12.0. The highest BCUT2D eigenvalue weighted by Gasteiger charge is 2.03. The fourth-order valence-electron chi connectivity index (χ4n) is 2.44. The summed E-state index contributed by atoms with van der Waals surface area (Å²) in [5, 5.41) is 9.36. The highest BCUT2D eigenvalue weighted by atomic mass is 16.5. The van der Waals surface area contributed by atoms with Crippen LogP contribution in [0.2, 0.25) is 0 Å². The van der Waals surface area contributed by atoms with Crippen molar-refractivity contribution in [2.75, 3.05) is 53.5 Å². The summed E-state index contributed by atoms with van der Waals surface area (Å²) in [4.78, 5) is 18.8. The van der Waals surface area contributed by atoms with Crippen LogP contribution in [0.5, 0.6) is 0 Å². The Labute approximate surface area is 163 Å². The first-order valence-corrected chi connectivity index (χ1v) is 9.66. The summed E-state index contributed by atoms with van der Waals surface area (Å²) in [6.07, 6.45) is 1.43. The Morgan fingerprint density at radius 1 is 1.15 bits per heavy atom. The molecule has 0 aromatic heterocycles. The number of hydrogen-bond acceptors (Lipinski definition) is 4. The van der Waals surface area contributed by atoms with Crippen molar-refractivity contribution in [2.24, 2.45) is 4.99 Å². The quantitative estimate of drug-likeness (QED) is 0.274. The van der Waals surface area contributed by atoms with Crippen LogP contribution >= 0.6 is 0 Å². The summed E-state index contributed by atoms with van der Waals surface area (Å²) in [5.41, 5.74) is 1.10. The van der Waals surface area contributed by atoms with Gasteiger partial charge in [-0.25, -0.2) is 0 Å². The third-order valence-corrected chi connectivity index (χ3v) is 3.96. The van der Waals surface area contributed by atoms with Gasteiger partial charge >= 0.3 is 0 Å². The number of ether oxygens (including phenoxy) is 1. The number of nitrogens with zero attached hydrogens (tertiary/aromatic N) is 2. The van der Waals surface area contributed by atoms with Gasteiger partial charge in [0.1, 0.15) is 0 Å². The van der Waals surface area contributed by atoms with Crippen molar-refractivity contribution in [1.82, 2.24) is 20.9 Å². The van der Waals surface area contributed by atoms with Crippen molar-refractivity contribution in [3.8, 4) is 0 Å². The highest BCUT2D eigenvalue weighted by molar-refractivity contribution is 5.81. The summed E-state index contributed by atoms with van der Waals surface area (Å²) < 4.78 is 5.07. The fourth-order valence-corrected chi connectivity index (χ4v) is 2.44. The summed E-state index contributed by atoms with van der Waals surface area (Å²) >= 11 is 0. The van der Waals surface area contributed by atoms with Gasteiger partial charge in [-0.3, -0.25) is 9.79 Å². The van der Waals surface area contributed by atoms with E-state index in [0.29, 0.717) is 26.1 Å². The lowest BCUT2D eigenvalue weighted by molar-refractivity contribution is -0.121. The second kappa shape index (κ2) is 15.0. The molecule has 0 fully saturated rings. The molecular weight excluding hydrogens is 342 g/mol. The van der Waals surface area contributed by atoms with E-state index in [1.54, 1.807) is 7.11 Å². The zero-order valence-electron chi connectivity index (χ0n) is 17.0. The molecule has 1 aromatic rings. The molecule has 0 saturated carbocycles. The van der Waals surface area contributed by atoms with Gasteiger partial charge in [-0.2, -0.15) is 0 Å². The average Bonchev–Trinajstić information content (AvgIpc) is 2.67. The Kier molecular flexibility index (Phi) is 12.7. The monoisotopic (exact) mass is 377 g/mol. The normalized spacial score (nSPS) is 11.5. The van der Waals surface area contributed by atoms with Gasteiger partial charge in [0.15, 0.2) is 5.96 Å². The first-order chi connectivity index (χ1) is 13.2. The van der Waals surface area contributed by atoms with E-state index in [2.05, 4.69) is 32.9 Å². The van der Waals surface area contributed by atoms with Crippen LogP contribution in [0.25, 0.3) is 0 Å². The number of aliphatic imine (C=N–C) groups is 1. The van der Waals surface area contributed by atoms with Gasteiger partial charge in [0.05, 0.1) is 6.54 Å². The standard InChI is InChI=1S/C20H35N5O2/c1-4-21-20(23-13-15-25(2)14-8-16-27-3)22-12-11-19(26)24-17-18-9-6-5-7-10-18/h5-7,9-10H,4,8,11-17H2,1-3H3,(H,24,26)(H2,21,22,23). The van der Waals surface area contributed by atoms with Gasteiger partial charge < -0.3 is 25.6 Å². The lowest BCUT2D eigenvalue weighted by atomic mass is 10.2. The lowest BCUT2D eigenvalue weighted by Crippen LogP contribution is -2.39. The van der Waals surface area contributed by atoms with Gasteiger partial charge in [-0.1, -0.05) is 30.3 Å². The molecule has 0 aliphatic rings. The molecule has 0 bridgehead atoms. The molecule has 0 aliphatic heterocycles. The fraction of sp³-hybridized carbons (Fsp3) is 0.600. The molecule has 0 saturated heterocycles. The third-order valence-electron chi connectivity index (χ3n) is 3.96. The van der Waals surface area contributed by atoms with Gasteiger partial charge in [0, 0.05) is 52.9 Å². The Bertz CT molecular complexity index is 536. The molecule has 7 nitrogen and oxygen atoms in total. The maximum Gasteiger partial charge on any atom is 0.222 e. The molecule has 0 heterocycles. The van der Waals surface area contributed by atoms with Crippen molar-refractivity contribution < 1.29 is 9.53 Å². The van der Waals surface area contributed by atoms with Crippen LogP contribution in [-0.4, -0.2) is 70.3 Å². The van der Waals surface area contributed by atoms with Crippen LogP contribution in [0.1, 0.15) is 25.3 Å². The number of carbonyl (C=O) groups is 1. The summed E-state index contributed by atoms with van der Waals surface area (Å²) in [6.45, 7) is 7.30. The minimum atomic E-state index is 0.0278. The lowest BCUT2D eigenvalue weighted by Gasteiger charge is -2.16. The Balaban J connectivity index is 2.23. The minimum absolute atomic E-state index is 0.0278. The predicted octanol–water partition coefficient (Wildman–Crippen LogP) is 1.22. The smallest absolute Gasteiger partial charge is 0.222 e. The summed E-state index contributed by atoms with van der Waals surface area (Å²) in [5.74, 6) is 0.777. The van der Waals surface area contributed by atoms with E-state index in [0.717, 1.165) is 44.2 Å². The zero-order valence-corrected chi connectivity index (χ0v) is 17.0. The number of nitrogens with one attached hydrogen (secondary N) is 3. The van der Waals surface area contributed by atoms with E-state index in [1.165, 1.54) is 0 Å². The minimum Gasteiger partial charge on any atom is -0.385 e. The van der Waals surface area contributed by atoms with E-state index in [4.69, 9.17) is 4.74 Å². The van der Waals surface area contributed by atoms with Gasteiger partial charge in [0.2, 0.25) is 5.91 Å². The topological polar surface area (TPSA) is 78.0 Å². The van der Waals surface area contributed by atoms with Crippen LogP contribution < -0.4 is 16.0 Å². The molecule has 1 aromatic carbocycles. The Morgan fingerprint density at radius 2 is 1.93 bits per heavy atom. The van der Waals surface area contributed by atoms with Crippen molar-refractivity contribution >= 4 is 11.9 Å². The number of benzene rings is 1. The molecule has 0 atom stereocenters. The van der Waals surface area contributed by atoms with E-state index >= 15 is 0 Å². The van der Waals surface area contributed by atoms with Crippen molar-refractivity contribution in [1.29, 1.82) is 0 Å². The number of guanidine groups is 1. The molecule has 3 N–H and O–H groups in total. The molecule has 0 spiro atoms. The summed E-state index contributed by atoms with van der Waals surface area (Å²) in [7, 11) is 3.81. The number of methoxy groups -OCH3 is 1. The number of rotatable bonds is 13. The number of likely N-dealkylation sites (N-methyl/N-ethyl adjacent to an activating group) is 1. The van der Waals surface area contributed by atoms with Crippen molar-refractivity contribution in [3.05, 3.63) is 35.9 Å². The second-order valence-corrected chi connectivity index (χ2v) is 6.35. The van der Waals surface area contributed by atoms with Crippen LogP contribution in [0.4, 0.5) is 0 Å². The molecule has 0 radical (unpaired) electrons. The van der Waals surface area contributed by atoms with E-state index in [1.807, 2.05) is 37.3 Å². The Morgan fingerprint density at radius 3 is 2.63 bits per heavy atom. The molecule has 0 unspecified atom stereocenters.